The van der Waals surface area contributed by atoms with E-state index in [9.17, 15) is 13.2 Å². The molecule has 5 nitrogen and oxygen atoms in total. The van der Waals surface area contributed by atoms with Gasteiger partial charge in [-0.15, -0.1) is 11.8 Å². The van der Waals surface area contributed by atoms with Crippen LogP contribution < -0.4 is 5.32 Å². The summed E-state index contributed by atoms with van der Waals surface area (Å²) < 4.78 is 27.0. The summed E-state index contributed by atoms with van der Waals surface area (Å²) in [5, 5.41) is 3.04. The van der Waals surface area contributed by atoms with Gasteiger partial charge in [0.15, 0.2) is 0 Å². The minimum Gasteiger partial charge on any atom is -0.353 e. The summed E-state index contributed by atoms with van der Waals surface area (Å²) >= 11 is 1.58. The van der Waals surface area contributed by atoms with Crippen molar-refractivity contribution in [3.63, 3.8) is 0 Å². The number of carbonyl (C=O) groups is 1. The lowest BCUT2D eigenvalue weighted by atomic mass is 9.96. The highest BCUT2D eigenvalue weighted by Gasteiger charge is 2.32. The Morgan fingerprint density at radius 2 is 1.72 bits per heavy atom. The Hall–Kier alpha value is -1.05. The molecule has 25 heavy (non-hydrogen) atoms. The summed E-state index contributed by atoms with van der Waals surface area (Å²) in [6.07, 6.45) is 3.09. The molecule has 0 unspecified atom stereocenters. The second kappa shape index (κ2) is 8.56. The Kier molecular flexibility index (Phi) is 6.93. The highest BCUT2D eigenvalue weighted by Crippen LogP contribution is 2.25. The maximum absolute atomic E-state index is 12.7. The third kappa shape index (κ3) is 4.99. The van der Waals surface area contributed by atoms with Crippen molar-refractivity contribution in [1.29, 1.82) is 0 Å². The molecule has 0 radical (unpaired) electrons. The molecule has 1 atom stereocenters. The van der Waals surface area contributed by atoms with Gasteiger partial charge in [0.1, 0.15) is 0 Å². The first-order chi connectivity index (χ1) is 11.8. The highest BCUT2D eigenvalue weighted by molar-refractivity contribution is 7.98. The Balaban J connectivity index is 1.97. The van der Waals surface area contributed by atoms with Crippen molar-refractivity contribution in [3.8, 4) is 0 Å². The number of rotatable bonds is 6. The topological polar surface area (TPSA) is 66.5 Å². The van der Waals surface area contributed by atoms with E-state index < -0.39 is 10.0 Å². The molecule has 1 saturated heterocycles. The second-order valence-corrected chi connectivity index (χ2v) is 9.71. The van der Waals surface area contributed by atoms with Crippen LogP contribution in [0.3, 0.4) is 0 Å². The zero-order valence-electron chi connectivity index (χ0n) is 15.4. The van der Waals surface area contributed by atoms with Crippen molar-refractivity contribution in [1.82, 2.24) is 9.62 Å². The molecule has 0 aromatic heterocycles. The first-order valence-electron chi connectivity index (χ1n) is 8.70. The molecule has 1 aliphatic heterocycles. The largest absolute Gasteiger partial charge is 0.353 e. The number of nitrogens with one attached hydrogen (secondary N) is 1. The predicted molar refractivity (Wildman–Crippen MR) is 102 cm³/mol. The molecule has 0 aliphatic carbocycles. The maximum Gasteiger partial charge on any atom is 0.243 e. The molecule has 1 N–H and O–H groups in total. The lowest BCUT2D eigenvalue weighted by Crippen LogP contribution is -2.45. The molecule has 1 amide bonds. The van der Waals surface area contributed by atoms with E-state index in [1.807, 2.05) is 25.3 Å². The molecule has 0 bridgehead atoms. The molecule has 1 aliphatic rings. The van der Waals surface area contributed by atoms with Gasteiger partial charge in [0.2, 0.25) is 15.9 Å². The molecule has 2 rings (SSSR count). The van der Waals surface area contributed by atoms with Crippen LogP contribution in [0.15, 0.2) is 34.1 Å². The number of benzene rings is 1. The molecule has 1 heterocycles. The van der Waals surface area contributed by atoms with Crippen LogP contribution in [0, 0.1) is 11.8 Å². The van der Waals surface area contributed by atoms with E-state index in [4.69, 9.17) is 0 Å². The Morgan fingerprint density at radius 3 is 2.20 bits per heavy atom. The van der Waals surface area contributed by atoms with E-state index in [1.54, 1.807) is 23.9 Å². The first-order valence-corrected chi connectivity index (χ1v) is 11.4. The molecule has 7 heteroatoms. The van der Waals surface area contributed by atoms with Crippen LogP contribution in [-0.2, 0) is 14.8 Å². The van der Waals surface area contributed by atoms with Gasteiger partial charge in [-0.3, -0.25) is 4.79 Å². The fourth-order valence-electron chi connectivity index (χ4n) is 2.76. The van der Waals surface area contributed by atoms with Crippen molar-refractivity contribution in [3.05, 3.63) is 24.3 Å². The molecular formula is C18H28N2O3S2. The molecule has 1 aromatic carbocycles. The molecular weight excluding hydrogens is 356 g/mol. The summed E-state index contributed by atoms with van der Waals surface area (Å²) in [7, 11) is -3.48. The summed E-state index contributed by atoms with van der Waals surface area (Å²) in [5.74, 6) is 0.322. The molecule has 0 saturated carbocycles. The van der Waals surface area contributed by atoms with Crippen LogP contribution in [0.4, 0.5) is 0 Å². The van der Waals surface area contributed by atoms with Gasteiger partial charge >= 0.3 is 0 Å². The van der Waals surface area contributed by atoms with Crippen molar-refractivity contribution in [2.45, 2.75) is 49.4 Å². The van der Waals surface area contributed by atoms with Crippen LogP contribution in [-0.4, -0.2) is 44.0 Å². The van der Waals surface area contributed by atoms with E-state index in [2.05, 4.69) is 19.2 Å². The number of thioether (sulfide) groups is 1. The van der Waals surface area contributed by atoms with Gasteiger partial charge in [-0.2, -0.15) is 4.31 Å². The highest BCUT2D eigenvalue weighted by atomic mass is 32.2. The van der Waals surface area contributed by atoms with E-state index in [1.165, 1.54) is 4.31 Å². The molecule has 1 aromatic rings. The van der Waals surface area contributed by atoms with Crippen LogP contribution >= 0.6 is 11.8 Å². The molecule has 1 fully saturated rings. The number of hydrogen-bond acceptors (Lipinski definition) is 4. The van der Waals surface area contributed by atoms with Gasteiger partial charge in [-0.1, -0.05) is 13.8 Å². The summed E-state index contributed by atoms with van der Waals surface area (Å²) in [6.45, 7) is 6.92. The first kappa shape index (κ1) is 20.3. The lowest BCUT2D eigenvalue weighted by Gasteiger charge is -2.31. The smallest absolute Gasteiger partial charge is 0.243 e. The zero-order valence-corrected chi connectivity index (χ0v) is 17.0. The third-order valence-corrected chi connectivity index (χ3v) is 7.55. The van der Waals surface area contributed by atoms with Gasteiger partial charge in [0, 0.05) is 29.9 Å². The fourth-order valence-corrected chi connectivity index (χ4v) is 4.64. The summed E-state index contributed by atoms with van der Waals surface area (Å²) in [6, 6.07) is 7.09. The van der Waals surface area contributed by atoms with E-state index in [0.29, 0.717) is 36.7 Å². The molecule has 140 valence electrons. The Bertz CT molecular complexity index is 679. The standard InChI is InChI=1S/C18H28N2O3S2/c1-13(2)14(3)19-18(21)15-9-11-20(12-10-15)25(22,23)17-7-5-16(24-4)6-8-17/h5-8,13-15H,9-12H2,1-4H3,(H,19,21)/t14-/m1/s1. The predicted octanol–water partition coefficient (Wildman–Crippen LogP) is 2.97. The third-order valence-electron chi connectivity index (χ3n) is 4.89. The van der Waals surface area contributed by atoms with E-state index in [0.717, 1.165) is 4.90 Å². The zero-order chi connectivity index (χ0) is 18.6. The second-order valence-electron chi connectivity index (χ2n) is 6.90. The molecule has 0 spiro atoms. The monoisotopic (exact) mass is 384 g/mol. The number of carbonyl (C=O) groups excluding carboxylic acids is 1. The summed E-state index contributed by atoms with van der Waals surface area (Å²) in [4.78, 5) is 13.7. The number of piperidine rings is 1. The summed E-state index contributed by atoms with van der Waals surface area (Å²) in [5.41, 5.74) is 0. The van der Waals surface area contributed by atoms with Crippen LogP contribution in [0.2, 0.25) is 0 Å². The normalized spacial score (nSPS) is 18.3. The van der Waals surface area contributed by atoms with Gasteiger partial charge in [-0.25, -0.2) is 8.42 Å². The van der Waals surface area contributed by atoms with Gasteiger partial charge in [-0.05, 0) is 56.2 Å². The fraction of sp³-hybridized carbons (Fsp3) is 0.611. The van der Waals surface area contributed by atoms with Gasteiger partial charge in [0.25, 0.3) is 0 Å². The number of hydrogen-bond donors (Lipinski definition) is 1. The number of sulfonamides is 1. The quantitative estimate of drug-likeness (QED) is 0.766. The van der Waals surface area contributed by atoms with Crippen LogP contribution in [0.25, 0.3) is 0 Å². The van der Waals surface area contributed by atoms with Crippen molar-refractivity contribution in [2.24, 2.45) is 11.8 Å². The number of amides is 1. The number of nitrogens with zero attached hydrogens (tertiary/aromatic N) is 1. The van der Waals surface area contributed by atoms with E-state index in [-0.39, 0.29) is 17.9 Å². The maximum atomic E-state index is 12.7. The van der Waals surface area contributed by atoms with Crippen molar-refractivity contribution in [2.75, 3.05) is 19.3 Å². The van der Waals surface area contributed by atoms with Gasteiger partial charge in [0.05, 0.1) is 4.90 Å². The van der Waals surface area contributed by atoms with Crippen molar-refractivity contribution < 1.29 is 13.2 Å². The average molecular weight is 385 g/mol. The SMILES string of the molecule is CSc1ccc(S(=O)(=O)N2CCC(C(=O)N[C@H](C)C(C)C)CC2)cc1. The average Bonchev–Trinajstić information content (AvgIpc) is 2.61. The minimum absolute atomic E-state index is 0.0440. The Labute approximate surface area is 155 Å². The van der Waals surface area contributed by atoms with E-state index >= 15 is 0 Å². The van der Waals surface area contributed by atoms with Crippen LogP contribution in [0.5, 0.6) is 0 Å². The van der Waals surface area contributed by atoms with Crippen LogP contribution in [0.1, 0.15) is 33.6 Å². The van der Waals surface area contributed by atoms with Crippen molar-refractivity contribution >= 4 is 27.7 Å². The minimum atomic E-state index is -3.48. The lowest BCUT2D eigenvalue weighted by molar-refractivity contribution is -0.127. The van der Waals surface area contributed by atoms with Gasteiger partial charge < -0.3 is 5.32 Å². The Morgan fingerprint density at radius 1 is 1.16 bits per heavy atom.